The van der Waals surface area contributed by atoms with E-state index >= 15 is 0 Å². The van der Waals surface area contributed by atoms with Gasteiger partial charge in [0.05, 0.1) is 30.7 Å². The van der Waals surface area contributed by atoms with Crippen LogP contribution in [0, 0.1) is 0 Å². The maximum absolute atomic E-state index is 13.5. The number of methoxy groups -OCH3 is 1. The fourth-order valence-electron chi connectivity index (χ4n) is 3.92. The lowest BCUT2D eigenvalue weighted by Gasteiger charge is -2.26. The summed E-state index contributed by atoms with van der Waals surface area (Å²) in [7, 11) is 5.44. The second-order valence-electron chi connectivity index (χ2n) is 7.74. The summed E-state index contributed by atoms with van der Waals surface area (Å²) >= 11 is 0. The molecule has 31 heavy (non-hydrogen) atoms. The Hall–Kier alpha value is -3.32. The van der Waals surface area contributed by atoms with Crippen molar-refractivity contribution in [2.75, 3.05) is 40.9 Å². The van der Waals surface area contributed by atoms with Gasteiger partial charge in [0.1, 0.15) is 17.1 Å². The first-order valence-corrected chi connectivity index (χ1v) is 10.3. The molecule has 3 aromatic rings. The lowest BCUT2D eigenvalue weighted by atomic mass is 9.98. The van der Waals surface area contributed by atoms with Crippen molar-refractivity contribution >= 4 is 16.9 Å². The summed E-state index contributed by atoms with van der Waals surface area (Å²) < 4.78 is 16.8. The number of benzene rings is 2. The number of nitrogens with zero attached hydrogens (tertiary/aromatic N) is 2. The molecule has 2 aromatic carbocycles. The number of carbonyl (C=O) groups excluding carboxylic acids is 1. The van der Waals surface area contributed by atoms with Gasteiger partial charge in [-0.15, -0.1) is 0 Å². The van der Waals surface area contributed by atoms with E-state index in [1.54, 1.807) is 30.2 Å². The van der Waals surface area contributed by atoms with Crippen LogP contribution < -0.4 is 14.9 Å². The minimum atomic E-state index is -0.513. The number of likely N-dealkylation sites (N-methyl/N-ethyl adjacent to an activating group) is 1. The van der Waals surface area contributed by atoms with Crippen molar-refractivity contribution < 1.29 is 18.7 Å². The molecule has 1 unspecified atom stereocenters. The first kappa shape index (κ1) is 20.9. The summed E-state index contributed by atoms with van der Waals surface area (Å²) in [5.74, 6) is 1.13. The summed E-state index contributed by atoms with van der Waals surface area (Å²) in [6.07, 6.45) is 0. The molecule has 0 bridgehead atoms. The van der Waals surface area contributed by atoms with Gasteiger partial charge in [0.15, 0.2) is 5.43 Å². The first-order chi connectivity index (χ1) is 14.9. The monoisotopic (exact) mass is 422 g/mol. The second kappa shape index (κ2) is 8.43. The van der Waals surface area contributed by atoms with E-state index < -0.39 is 6.04 Å². The molecule has 1 aromatic heterocycles. The number of rotatable bonds is 7. The molecule has 0 N–H and O–H groups in total. The molecule has 0 radical (unpaired) electrons. The van der Waals surface area contributed by atoms with Crippen molar-refractivity contribution in [1.29, 1.82) is 0 Å². The third kappa shape index (κ3) is 3.77. The maximum atomic E-state index is 13.5. The van der Waals surface area contributed by atoms with E-state index in [1.165, 1.54) is 0 Å². The lowest BCUT2D eigenvalue weighted by molar-refractivity contribution is 0.0716. The quantitative estimate of drug-likeness (QED) is 0.582. The molecule has 1 amide bonds. The third-order valence-electron chi connectivity index (χ3n) is 5.47. The van der Waals surface area contributed by atoms with E-state index in [-0.39, 0.29) is 17.1 Å². The average Bonchev–Trinajstić information content (AvgIpc) is 3.04. The summed E-state index contributed by atoms with van der Waals surface area (Å²) in [4.78, 5) is 30.5. The Labute approximate surface area is 180 Å². The van der Waals surface area contributed by atoms with Gasteiger partial charge in [-0.1, -0.05) is 12.1 Å². The van der Waals surface area contributed by atoms with Crippen LogP contribution in [0.3, 0.4) is 0 Å². The van der Waals surface area contributed by atoms with Crippen LogP contribution in [0.1, 0.15) is 34.6 Å². The van der Waals surface area contributed by atoms with Gasteiger partial charge in [-0.2, -0.15) is 0 Å². The highest BCUT2D eigenvalue weighted by molar-refractivity contribution is 5.99. The Morgan fingerprint density at radius 3 is 2.42 bits per heavy atom. The highest BCUT2D eigenvalue weighted by atomic mass is 16.5. The number of hydrogen-bond acceptors (Lipinski definition) is 6. The van der Waals surface area contributed by atoms with Gasteiger partial charge in [0.2, 0.25) is 5.76 Å². The highest BCUT2D eigenvalue weighted by Gasteiger charge is 2.42. The molecule has 1 aliphatic rings. The zero-order chi connectivity index (χ0) is 22.1. The van der Waals surface area contributed by atoms with Crippen LogP contribution >= 0.6 is 0 Å². The number of hydrogen-bond donors (Lipinski definition) is 0. The first-order valence-electron chi connectivity index (χ1n) is 10.3. The summed E-state index contributed by atoms with van der Waals surface area (Å²) in [5, 5.41) is 0.428. The molecule has 7 nitrogen and oxygen atoms in total. The second-order valence-corrected chi connectivity index (χ2v) is 7.74. The van der Waals surface area contributed by atoms with E-state index in [0.717, 1.165) is 11.3 Å². The Morgan fingerprint density at radius 2 is 1.77 bits per heavy atom. The summed E-state index contributed by atoms with van der Waals surface area (Å²) in [6, 6.07) is 12.1. The molecule has 7 heteroatoms. The van der Waals surface area contributed by atoms with Crippen LogP contribution in [-0.4, -0.2) is 56.6 Å². The molecule has 0 fully saturated rings. The zero-order valence-electron chi connectivity index (χ0n) is 18.2. The highest BCUT2D eigenvalue weighted by Crippen LogP contribution is 2.38. The Bertz CT molecular complexity index is 1170. The molecule has 4 rings (SSSR count). The molecule has 0 spiro atoms. The average molecular weight is 422 g/mol. The smallest absolute Gasteiger partial charge is 0.290 e. The van der Waals surface area contributed by atoms with Crippen LogP contribution in [0.15, 0.2) is 51.7 Å². The number of ether oxygens (including phenoxy) is 2. The normalized spacial score (nSPS) is 15.6. The predicted octanol–water partition coefficient (Wildman–Crippen LogP) is 3.31. The number of carbonyl (C=O) groups is 1. The van der Waals surface area contributed by atoms with Crippen LogP contribution in [0.4, 0.5) is 0 Å². The van der Waals surface area contributed by atoms with Crippen LogP contribution in [0.2, 0.25) is 0 Å². The molecular formula is C24H26N2O5. The molecule has 2 heterocycles. The van der Waals surface area contributed by atoms with Crippen molar-refractivity contribution in [3.8, 4) is 11.5 Å². The molecule has 0 saturated carbocycles. The molecule has 0 saturated heterocycles. The van der Waals surface area contributed by atoms with Crippen LogP contribution in [-0.2, 0) is 0 Å². The Kier molecular flexibility index (Phi) is 5.69. The third-order valence-corrected chi connectivity index (χ3v) is 5.47. The molecule has 1 aliphatic heterocycles. The summed E-state index contributed by atoms with van der Waals surface area (Å²) in [5.41, 5.74) is 1.37. The maximum Gasteiger partial charge on any atom is 0.290 e. The lowest BCUT2D eigenvalue weighted by Crippen LogP contribution is -2.35. The van der Waals surface area contributed by atoms with Crippen molar-refractivity contribution in [3.63, 3.8) is 0 Å². The predicted molar refractivity (Wildman–Crippen MR) is 118 cm³/mol. The fourth-order valence-corrected chi connectivity index (χ4v) is 3.92. The summed E-state index contributed by atoms with van der Waals surface area (Å²) in [6.45, 7) is 3.62. The van der Waals surface area contributed by atoms with Gasteiger partial charge >= 0.3 is 0 Å². The van der Waals surface area contributed by atoms with Crippen LogP contribution in [0.5, 0.6) is 11.5 Å². The minimum absolute atomic E-state index is 0.100. The van der Waals surface area contributed by atoms with Crippen LogP contribution in [0.25, 0.3) is 11.0 Å². The number of fused-ring (bicyclic) bond motifs is 2. The van der Waals surface area contributed by atoms with Crippen molar-refractivity contribution in [2.24, 2.45) is 0 Å². The fraction of sp³-hybridized carbons (Fsp3) is 0.333. The van der Waals surface area contributed by atoms with Gasteiger partial charge in [0.25, 0.3) is 5.91 Å². The largest absolute Gasteiger partial charge is 0.497 e. The molecule has 0 aliphatic carbocycles. The van der Waals surface area contributed by atoms with Gasteiger partial charge in [-0.3, -0.25) is 9.59 Å². The molecule has 162 valence electrons. The SMILES string of the molecule is CCOc1ccc(C2c3c(oc4cc(OC)ccc4c3=O)C(=O)N2CCN(C)C)cc1. The topological polar surface area (TPSA) is 72.2 Å². The van der Waals surface area contributed by atoms with E-state index in [9.17, 15) is 9.59 Å². The van der Waals surface area contributed by atoms with Crippen molar-refractivity contribution in [1.82, 2.24) is 9.80 Å². The van der Waals surface area contributed by atoms with E-state index in [0.29, 0.717) is 42.0 Å². The van der Waals surface area contributed by atoms with E-state index in [1.807, 2.05) is 50.2 Å². The Balaban J connectivity index is 1.87. The zero-order valence-corrected chi connectivity index (χ0v) is 18.2. The van der Waals surface area contributed by atoms with Gasteiger partial charge < -0.3 is 23.7 Å². The Morgan fingerprint density at radius 1 is 1.06 bits per heavy atom. The van der Waals surface area contributed by atoms with Crippen molar-refractivity contribution in [3.05, 3.63) is 69.6 Å². The number of amides is 1. The van der Waals surface area contributed by atoms with Gasteiger partial charge in [-0.25, -0.2) is 0 Å². The standard InChI is InChI=1S/C24H26N2O5/c1-5-30-16-8-6-15(7-9-16)21-20-22(27)18-11-10-17(29-4)14-19(18)31-23(20)24(28)26(21)13-12-25(2)3/h6-11,14,21H,5,12-13H2,1-4H3. The molecule has 1 atom stereocenters. The minimum Gasteiger partial charge on any atom is -0.497 e. The molecular weight excluding hydrogens is 396 g/mol. The van der Waals surface area contributed by atoms with Crippen molar-refractivity contribution in [2.45, 2.75) is 13.0 Å². The van der Waals surface area contributed by atoms with Gasteiger partial charge in [-0.05, 0) is 50.8 Å². The van der Waals surface area contributed by atoms with E-state index in [2.05, 4.69) is 0 Å². The van der Waals surface area contributed by atoms with Gasteiger partial charge in [0, 0.05) is 19.2 Å². The van der Waals surface area contributed by atoms with E-state index in [4.69, 9.17) is 13.9 Å².